The number of hydrogen-bond acceptors (Lipinski definition) is 3. The molecular weight excluding hydrogens is 316 g/mol. The number of rotatable bonds is 3. The van der Waals surface area contributed by atoms with E-state index in [1.807, 2.05) is 24.4 Å². The van der Waals surface area contributed by atoms with Crippen LogP contribution in [-0.2, 0) is 6.42 Å². The summed E-state index contributed by atoms with van der Waals surface area (Å²) < 4.78 is 6.49. The zero-order valence-electron chi connectivity index (χ0n) is 11.0. The third-order valence-electron chi connectivity index (χ3n) is 3.16. The number of benzene rings is 1. The lowest BCUT2D eigenvalue weighted by Gasteiger charge is -2.09. The first-order valence-electron chi connectivity index (χ1n) is 6.28. The van der Waals surface area contributed by atoms with Crippen molar-refractivity contribution in [2.24, 2.45) is 0 Å². The number of nitrogens with zero attached hydrogens (tertiary/aromatic N) is 2. The molecule has 0 N–H and O–H groups in total. The molecule has 0 radical (unpaired) electrons. The van der Waals surface area contributed by atoms with Crippen LogP contribution >= 0.6 is 15.9 Å². The average molecular weight is 329 g/mol. The number of ether oxygens (including phenoxy) is 1. The van der Waals surface area contributed by atoms with Gasteiger partial charge in [-0.2, -0.15) is 0 Å². The molecule has 0 amide bonds. The third-order valence-corrected chi connectivity index (χ3v) is 3.68. The van der Waals surface area contributed by atoms with Crippen molar-refractivity contribution in [3.05, 3.63) is 64.4 Å². The van der Waals surface area contributed by atoms with Gasteiger partial charge >= 0.3 is 0 Å². The topological polar surface area (TPSA) is 35.0 Å². The molecule has 0 atom stereocenters. The Hall–Kier alpha value is -1.94. The van der Waals surface area contributed by atoms with Crippen LogP contribution in [0.1, 0.15) is 11.1 Å². The Morgan fingerprint density at radius 3 is 2.70 bits per heavy atom. The Labute approximate surface area is 125 Å². The smallest absolute Gasteiger partial charge is 0.217 e. The van der Waals surface area contributed by atoms with E-state index < -0.39 is 0 Å². The maximum absolute atomic E-state index is 5.41. The summed E-state index contributed by atoms with van der Waals surface area (Å²) in [7, 11) is 1.65. The van der Waals surface area contributed by atoms with E-state index in [1.165, 1.54) is 5.56 Å². The molecule has 20 heavy (non-hydrogen) atoms. The fourth-order valence-electron chi connectivity index (χ4n) is 2.17. The Bertz CT molecular complexity index is 741. The van der Waals surface area contributed by atoms with Crippen LogP contribution in [-0.4, -0.2) is 17.1 Å². The molecule has 0 saturated heterocycles. The Kier molecular flexibility index (Phi) is 3.65. The normalized spacial score (nSPS) is 10.7. The molecule has 0 spiro atoms. The van der Waals surface area contributed by atoms with Gasteiger partial charge in [-0.1, -0.05) is 28.1 Å². The van der Waals surface area contributed by atoms with Gasteiger partial charge < -0.3 is 4.74 Å². The summed E-state index contributed by atoms with van der Waals surface area (Å²) in [5.41, 5.74) is 3.18. The lowest BCUT2D eigenvalue weighted by Crippen LogP contribution is -1.97. The van der Waals surface area contributed by atoms with E-state index in [9.17, 15) is 0 Å². The number of hydrogen-bond donors (Lipinski definition) is 0. The number of methoxy groups -OCH3 is 1. The molecule has 4 heteroatoms. The minimum Gasteiger partial charge on any atom is -0.481 e. The van der Waals surface area contributed by atoms with Crippen molar-refractivity contribution < 1.29 is 4.74 Å². The van der Waals surface area contributed by atoms with Crippen LogP contribution < -0.4 is 4.74 Å². The molecule has 0 fully saturated rings. The van der Waals surface area contributed by atoms with Crippen molar-refractivity contribution in [1.82, 2.24) is 9.97 Å². The Balaban J connectivity index is 2.03. The fourth-order valence-corrected chi connectivity index (χ4v) is 2.43. The van der Waals surface area contributed by atoms with Crippen LogP contribution in [0.2, 0.25) is 0 Å². The van der Waals surface area contributed by atoms with Crippen molar-refractivity contribution in [2.45, 2.75) is 6.42 Å². The second-order valence-electron chi connectivity index (χ2n) is 4.53. The lowest BCUT2D eigenvalue weighted by molar-refractivity contribution is 0.395. The van der Waals surface area contributed by atoms with Gasteiger partial charge in [-0.25, -0.2) is 4.98 Å². The molecule has 3 aromatic rings. The van der Waals surface area contributed by atoms with E-state index in [2.05, 4.69) is 44.1 Å². The predicted molar refractivity (Wildman–Crippen MR) is 83.0 cm³/mol. The summed E-state index contributed by atoms with van der Waals surface area (Å²) in [5.74, 6) is 0.673. The molecule has 0 bridgehead atoms. The molecule has 0 saturated carbocycles. The Morgan fingerprint density at radius 1 is 1.15 bits per heavy atom. The number of pyridine rings is 2. The lowest BCUT2D eigenvalue weighted by atomic mass is 10.0. The van der Waals surface area contributed by atoms with Crippen LogP contribution in [0.4, 0.5) is 0 Å². The highest BCUT2D eigenvalue weighted by Crippen LogP contribution is 2.24. The summed E-state index contributed by atoms with van der Waals surface area (Å²) in [6, 6.07) is 12.3. The number of halogens is 1. The minimum absolute atomic E-state index is 0.673. The summed E-state index contributed by atoms with van der Waals surface area (Å²) in [6.07, 6.45) is 4.35. The summed E-state index contributed by atoms with van der Waals surface area (Å²) >= 11 is 3.45. The summed E-state index contributed by atoms with van der Waals surface area (Å²) in [6.45, 7) is 0. The number of aromatic nitrogens is 2. The van der Waals surface area contributed by atoms with Crippen molar-refractivity contribution in [3.63, 3.8) is 0 Å². The number of fused-ring (bicyclic) bond motifs is 1. The van der Waals surface area contributed by atoms with Crippen molar-refractivity contribution in [1.29, 1.82) is 0 Å². The molecule has 2 heterocycles. The van der Waals surface area contributed by atoms with E-state index in [1.54, 1.807) is 13.3 Å². The second-order valence-corrected chi connectivity index (χ2v) is 5.44. The molecule has 3 nitrogen and oxygen atoms in total. The summed E-state index contributed by atoms with van der Waals surface area (Å²) in [4.78, 5) is 8.68. The highest BCUT2D eigenvalue weighted by Gasteiger charge is 2.08. The van der Waals surface area contributed by atoms with Crippen LogP contribution in [0, 0.1) is 0 Å². The maximum Gasteiger partial charge on any atom is 0.217 e. The highest BCUT2D eigenvalue weighted by atomic mass is 79.9. The first-order chi connectivity index (χ1) is 9.76. The molecule has 0 aliphatic heterocycles. The molecule has 3 rings (SSSR count). The van der Waals surface area contributed by atoms with Crippen LogP contribution in [0.5, 0.6) is 5.88 Å². The van der Waals surface area contributed by atoms with E-state index >= 15 is 0 Å². The van der Waals surface area contributed by atoms with Crippen LogP contribution in [0.25, 0.3) is 10.9 Å². The summed E-state index contributed by atoms with van der Waals surface area (Å²) in [5, 5.41) is 1.03. The van der Waals surface area contributed by atoms with E-state index in [4.69, 9.17) is 4.74 Å². The van der Waals surface area contributed by atoms with Gasteiger partial charge in [0.25, 0.3) is 0 Å². The molecule has 0 unspecified atom stereocenters. The SMILES string of the molecule is COc1nc2ccncc2cc1Cc1ccc(Br)cc1. The van der Waals surface area contributed by atoms with Gasteiger partial charge in [-0.15, -0.1) is 0 Å². The molecule has 100 valence electrons. The van der Waals surface area contributed by atoms with Crippen molar-refractivity contribution in [2.75, 3.05) is 7.11 Å². The van der Waals surface area contributed by atoms with Crippen LogP contribution in [0.3, 0.4) is 0 Å². The highest BCUT2D eigenvalue weighted by molar-refractivity contribution is 9.10. The standard InChI is InChI=1S/C16H13BrN2O/c1-20-16-12(8-11-2-4-14(17)5-3-11)9-13-10-18-7-6-15(13)19-16/h2-7,9-10H,8H2,1H3. The van der Waals surface area contributed by atoms with E-state index in [-0.39, 0.29) is 0 Å². The minimum atomic E-state index is 0.673. The zero-order valence-corrected chi connectivity index (χ0v) is 12.6. The van der Waals surface area contributed by atoms with Gasteiger partial charge in [0, 0.05) is 34.2 Å². The van der Waals surface area contributed by atoms with Crippen LogP contribution in [0.15, 0.2) is 53.3 Å². The predicted octanol–water partition coefficient (Wildman–Crippen LogP) is 3.99. The van der Waals surface area contributed by atoms with E-state index in [0.717, 1.165) is 27.4 Å². The van der Waals surface area contributed by atoms with Gasteiger partial charge in [0.1, 0.15) is 0 Å². The van der Waals surface area contributed by atoms with Gasteiger partial charge in [0.15, 0.2) is 0 Å². The monoisotopic (exact) mass is 328 g/mol. The molecule has 1 aromatic carbocycles. The molecule has 2 aromatic heterocycles. The molecule has 0 aliphatic carbocycles. The first kappa shape index (κ1) is 13.1. The molecule has 0 aliphatic rings. The quantitative estimate of drug-likeness (QED) is 0.729. The van der Waals surface area contributed by atoms with Crippen molar-refractivity contribution >= 4 is 26.8 Å². The van der Waals surface area contributed by atoms with Gasteiger partial charge in [0.05, 0.1) is 12.6 Å². The zero-order chi connectivity index (χ0) is 13.9. The largest absolute Gasteiger partial charge is 0.481 e. The van der Waals surface area contributed by atoms with Crippen molar-refractivity contribution in [3.8, 4) is 5.88 Å². The van der Waals surface area contributed by atoms with Gasteiger partial charge in [-0.3, -0.25) is 4.98 Å². The second kappa shape index (κ2) is 5.59. The maximum atomic E-state index is 5.41. The third kappa shape index (κ3) is 2.65. The first-order valence-corrected chi connectivity index (χ1v) is 7.07. The van der Waals surface area contributed by atoms with Gasteiger partial charge in [0.2, 0.25) is 5.88 Å². The Morgan fingerprint density at radius 2 is 1.95 bits per heavy atom. The average Bonchev–Trinajstić information content (AvgIpc) is 2.49. The molecular formula is C16H13BrN2O. The fraction of sp³-hybridized carbons (Fsp3) is 0.125. The van der Waals surface area contributed by atoms with E-state index in [0.29, 0.717) is 5.88 Å². The van der Waals surface area contributed by atoms with Gasteiger partial charge in [-0.05, 0) is 29.8 Å².